The number of likely N-dealkylation sites (N-methyl/N-ethyl adjacent to an activating group) is 1. The van der Waals surface area contributed by atoms with Gasteiger partial charge in [-0.3, -0.25) is 9.59 Å². The summed E-state index contributed by atoms with van der Waals surface area (Å²) in [5, 5.41) is 12.8. The number of aliphatic hydroxyl groups excluding tert-OH is 1. The van der Waals surface area contributed by atoms with Crippen LogP contribution in [0.1, 0.15) is 36.0 Å². The molecule has 1 aliphatic heterocycles. The van der Waals surface area contributed by atoms with E-state index < -0.39 is 11.7 Å². The topological polar surface area (TPSA) is 69.6 Å². The minimum Gasteiger partial charge on any atom is -0.391 e. The number of carbonyl (C=O) groups is 2. The highest BCUT2D eigenvalue weighted by molar-refractivity contribution is 9.10. The molecule has 1 aliphatic carbocycles. The first-order chi connectivity index (χ1) is 9.99. The Kier molecular flexibility index (Phi) is 3.75. The summed E-state index contributed by atoms with van der Waals surface area (Å²) in [7, 11) is 1.93. The summed E-state index contributed by atoms with van der Waals surface area (Å²) < 4.78 is 0.756. The standard InChI is InChI=1S/C15H17BrN2O3/c1-18(11-4-2-3-5-13(11)19)12-7-10-8(6-9(12)16)14(20)15(21)17-10/h6-7,11,13,19H,2-5H2,1H3,(H,17,20,21). The van der Waals surface area contributed by atoms with Crippen LogP contribution in [0.4, 0.5) is 11.4 Å². The molecule has 1 fully saturated rings. The largest absolute Gasteiger partial charge is 0.391 e. The number of nitrogens with one attached hydrogen (secondary N) is 1. The Morgan fingerprint density at radius 2 is 2.00 bits per heavy atom. The number of fused-ring (bicyclic) bond motifs is 1. The quantitative estimate of drug-likeness (QED) is 0.801. The van der Waals surface area contributed by atoms with Gasteiger partial charge in [-0.1, -0.05) is 12.8 Å². The lowest BCUT2D eigenvalue weighted by Crippen LogP contribution is -2.43. The van der Waals surface area contributed by atoms with Crippen LogP contribution in [0.5, 0.6) is 0 Å². The highest BCUT2D eigenvalue weighted by Crippen LogP contribution is 2.37. The molecule has 2 atom stereocenters. The van der Waals surface area contributed by atoms with Crippen molar-refractivity contribution in [2.45, 2.75) is 37.8 Å². The average molecular weight is 353 g/mol. The normalized spacial score (nSPS) is 24.7. The third-order valence-corrected chi connectivity index (χ3v) is 4.99. The van der Waals surface area contributed by atoms with Gasteiger partial charge < -0.3 is 15.3 Å². The van der Waals surface area contributed by atoms with Crippen LogP contribution in [0.2, 0.25) is 0 Å². The zero-order valence-corrected chi connectivity index (χ0v) is 13.3. The molecular formula is C15H17BrN2O3. The predicted octanol–water partition coefficient (Wildman–Crippen LogP) is 2.32. The molecule has 1 saturated carbocycles. The van der Waals surface area contributed by atoms with Crippen molar-refractivity contribution in [3.63, 3.8) is 0 Å². The number of benzene rings is 1. The molecule has 2 N–H and O–H groups in total. The number of anilines is 2. The Bertz CT molecular complexity index is 617. The third-order valence-electron chi connectivity index (χ3n) is 4.36. The molecule has 2 unspecified atom stereocenters. The van der Waals surface area contributed by atoms with Crippen molar-refractivity contribution in [1.29, 1.82) is 0 Å². The van der Waals surface area contributed by atoms with Crippen LogP contribution in [-0.4, -0.2) is 36.0 Å². The summed E-state index contributed by atoms with van der Waals surface area (Å²) in [4.78, 5) is 25.2. The van der Waals surface area contributed by atoms with Crippen LogP contribution in [0.3, 0.4) is 0 Å². The summed E-state index contributed by atoms with van der Waals surface area (Å²) >= 11 is 3.47. The Labute approximate surface area is 131 Å². The summed E-state index contributed by atoms with van der Waals surface area (Å²) in [5.74, 6) is -1.09. The number of halogens is 1. The molecule has 0 aromatic heterocycles. The minimum absolute atomic E-state index is 0.0564. The molecule has 1 amide bonds. The SMILES string of the molecule is CN(c1cc2c(cc1Br)C(=O)C(=O)N2)C1CCCCC1O. The van der Waals surface area contributed by atoms with Crippen LogP contribution in [-0.2, 0) is 4.79 Å². The van der Waals surface area contributed by atoms with Gasteiger partial charge in [0.25, 0.3) is 11.7 Å². The Hall–Kier alpha value is -1.40. The van der Waals surface area contributed by atoms with E-state index in [1.54, 1.807) is 12.1 Å². The lowest BCUT2D eigenvalue weighted by atomic mass is 9.91. The van der Waals surface area contributed by atoms with E-state index in [2.05, 4.69) is 21.2 Å². The van der Waals surface area contributed by atoms with Crippen molar-refractivity contribution in [2.75, 3.05) is 17.3 Å². The fraction of sp³-hybridized carbons (Fsp3) is 0.467. The Morgan fingerprint density at radius 3 is 2.71 bits per heavy atom. The molecule has 0 saturated heterocycles. The minimum atomic E-state index is -0.589. The van der Waals surface area contributed by atoms with Crippen molar-refractivity contribution in [1.82, 2.24) is 0 Å². The summed E-state index contributed by atoms with van der Waals surface area (Å²) in [6.45, 7) is 0. The van der Waals surface area contributed by atoms with E-state index in [0.717, 1.165) is 35.8 Å². The predicted molar refractivity (Wildman–Crippen MR) is 83.8 cm³/mol. The van der Waals surface area contributed by atoms with E-state index in [0.29, 0.717) is 11.3 Å². The zero-order chi connectivity index (χ0) is 15.1. The fourth-order valence-electron chi connectivity index (χ4n) is 3.15. The number of ketones is 1. The van der Waals surface area contributed by atoms with Crippen molar-refractivity contribution in [3.8, 4) is 0 Å². The van der Waals surface area contributed by atoms with E-state index in [-0.39, 0.29) is 12.1 Å². The smallest absolute Gasteiger partial charge is 0.296 e. The molecule has 0 bridgehead atoms. The first kappa shape index (κ1) is 14.5. The van der Waals surface area contributed by atoms with Gasteiger partial charge in [-0.2, -0.15) is 0 Å². The van der Waals surface area contributed by atoms with Crippen molar-refractivity contribution in [2.24, 2.45) is 0 Å². The van der Waals surface area contributed by atoms with E-state index in [1.165, 1.54) is 0 Å². The Morgan fingerprint density at radius 1 is 1.29 bits per heavy atom. The van der Waals surface area contributed by atoms with Crippen molar-refractivity contribution in [3.05, 3.63) is 22.2 Å². The molecule has 112 valence electrons. The van der Waals surface area contributed by atoms with Gasteiger partial charge in [-0.25, -0.2) is 0 Å². The number of hydrogen-bond acceptors (Lipinski definition) is 4. The number of carbonyl (C=O) groups excluding carboxylic acids is 2. The van der Waals surface area contributed by atoms with Crippen LogP contribution in [0.15, 0.2) is 16.6 Å². The molecule has 1 heterocycles. The fourth-order valence-corrected chi connectivity index (χ4v) is 3.77. The molecule has 1 aromatic carbocycles. The molecule has 3 rings (SSSR count). The van der Waals surface area contributed by atoms with Gasteiger partial charge in [0.15, 0.2) is 0 Å². The van der Waals surface area contributed by atoms with Gasteiger partial charge in [0.2, 0.25) is 0 Å². The number of aliphatic hydroxyl groups is 1. The number of rotatable bonds is 2. The average Bonchev–Trinajstić information content (AvgIpc) is 2.73. The Balaban J connectivity index is 1.94. The number of hydrogen-bond donors (Lipinski definition) is 2. The molecule has 0 spiro atoms. The van der Waals surface area contributed by atoms with Crippen LogP contribution < -0.4 is 10.2 Å². The van der Waals surface area contributed by atoms with Crippen LogP contribution >= 0.6 is 15.9 Å². The second-order valence-electron chi connectivity index (χ2n) is 5.66. The van der Waals surface area contributed by atoms with Crippen molar-refractivity contribution < 1.29 is 14.7 Å². The lowest BCUT2D eigenvalue weighted by molar-refractivity contribution is -0.112. The maximum atomic E-state index is 11.7. The first-order valence-corrected chi connectivity index (χ1v) is 7.88. The van der Waals surface area contributed by atoms with E-state index in [4.69, 9.17) is 0 Å². The second-order valence-corrected chi connectivity index (χ2v) is 6.52. The van der Waals surface area contributed by atoms with Gasteiger partial charge in [0.1, 0.15) is 0 Å². The first-order valence-electron chi connectivity index (χ1n) is 7.09. The number of Topliss-reactive ketones (excluding diaryl/α,β-unsaturated/α-hetero) is 1. The van der Waals surface area contributed by atoms with Crippen LogP contribution in [0, 0.1) is 0 Å². The molecule has 6 heteroatoms. The molecule has 5 nitrogen and oxygen atoms in total. The van der Waals surface area contributed by atoms with E-state index >= 15 is 0 Å². The molecule has 1 aromatic rings. The maximum absolute atomic E-state index is 11.7. The maximum Gasteiger partial charge on any atom is 0.296 e. The zero-order valence-electron chi connectivity index (χ0n) is 11.7. The summed E-state index contributed by atoms with van der Waals surface area (Å²) in [6.07, 6.45) is 3.56. The highest BCUT2D eigenvalue weighted by Gasteiger charge is 2.32. The van der Waals surface area contributed by atoms with Gasteiger partial charge >= 0.3 is 0 Å². The van der Waals surface area contributed by atoms with Gasteiger partial charge in [0.05, 0.1) is 29.1 Å². The van der Waals surface area contributed by atoms with Gasteiger partial charge in [-0.15, -0.1) is 0 Å². The number of nitrogens with zero attached hydrogens (tertiary/aromatic N) is 1. The molecule has 0 radical (unpaired) electrons. The van der Waals surface area contributed by atoms with Gasteiger partial charge in [0, 0.05) is 11.5 Å². The second kappa shape index (κ2) is 5.42. The number of amides is 1. The molecule has 2 aliphatic rings. The lowest BCUT2D eigenvalue weighted by Gasteiger charge is -2.37. The van der Waals surface area contributed by atoms with Gasteiger partial charge in [-0.05, 0) is 40.9 Å². The van der Waals surface area contributed by atoms with E-state index in [1.807, 2.05) is 11.9 Å². The van der Waals surface area contributed by atoms with Crippen LogP contribution in [0.25, 0.3) is 0 Å². The molecule has 21 heavy (non-hydrogen) atoms. The van der Waals surface area contributed by atoms with E-state index in [9.17, 15) is 14.7 Å². The monoisotopic (exact) mass is 352 g/mol. The summed E-state index contributed by atoms with van der Waals surface area (Å²) in [5.41, 5.74) is 1.81. The molecular weight excluding hydrogens is 336 g/mol. The van der Waals surface area contributed by atoms with Crippen molar-refractivity contribution >= 4 is 39.0 Å². The third kappa shape index (κ3) is 2.46. The highest BCUT2D eigenvalue weighted by atomic mass is 79.9. The summed E-state index contributed by atoms with van der Waals surface area (Å²) in [6, 6.07) is 3.53.